The van der Waals surface area contributed by atoms with Crippen molar-refractivity contribution >= 4 is 5.91 Å². The van der Waals surface area contributed by atoms with Crippen molar-refractivity contribution in [1.29, 1.82) is 0 Å². The highest BCUT2D eigenvalue weighted by Gasteiger charge is 2.39. The van der Waals surface area contributed by atoms with Crippen LogP contribution in [0.1, 0.15) is 77.0 Å². The molecule has 1 saturated heterocycles. The Morgan fingerprint density at radius 3 is 2.35 bits per heavy atom. The first-order valence-corrected chi connectivity index (χ1v) is 12.9. The van der Waals surface area contributed by atoms with Crippen molar-refractivity contribution in [2.24, 2.45) is 5.92 Å². The van der Waals surface area contributed by atoms with E-state index >= 15 is 0 Å². The summed E-state index contributed by atoms with van der Waals surface area (Å²) in [6.45, 7) is 14.8. The van der Waals surface area contributed by atoms with E-state index in [2.05, 4.69) is 57.2 Å². The molecule has 1 aliphatic heterocycles. The van der Waals surface area contributed by atoms with Crippen LogP contribution in [-0.4, -0.2) is 36.2 Å². The molecular weight excluding hydrogens is 422 g/mol. The lowest BCUT2D eigenvalue weighted by Gasteiger charge is -2.44. The summed E-state index contributed by atoms with van der Waals surface area (Å²) in [7, 11) is 0. The van der Waals surface area contributed by atoms with E-state index in [0.717, 1.165) is 43.7 Å². The van der Waals surface area contributed by atoms with Gasteiger partial charge in [0.2, 0.25) is 5.91 Å². The lowest BCUT2D eigenvalue weighted by Crippen LogP contribution is -2.43. The fourth-order valence-electron chi connectivity index (χ4n) is 4.95. The lowest BCUT2D eigenvalue weighted by atomic mass is 9.68. The zero-order valence-electron chi connectivity index (χ0n) is 22.0. The average molecular weight is 466 g/mol. The Labute approximate surface area is 206 Å². The third-order valence-electron chi connectivity index (χ3n) is 7.10. The fraction of sp³-hybridized carbons (Fsp3) is 0.567. The predicted octanol–water partition coefficient (Wildman–Crippen LogP) is 6.68. The molecule has 0 spiro atoms. The molecule has 0 aromatic heterocycles. The Hall–Kier alpha value is -2.33. The van der Waals surface area contributed by atoms with E-state index in [1.165, 1.54) is 11.1 Å². The van der Waals surface area contributed by atoms with Gasteiger partial charge < -0.3 is 14.4 Å². The van der Waals surface area contributed by atoms with E-state index < -0.39 is 0 Å². The first-order chi connectivity index (χ1) is 16.2. The first kappa shape index (κ1) is 26.3. The van der Waals surface area contributed by atoms with Crippen LogP contribution in [0, 0.1) is 12.8 Å². The first-order valence-electron chi connectivity index (χ1n) is 12.9. The van der Waals surface area contributed by atoms with Gasteiger partial charge in [0.25, 0.3) is 0 Å². The number of ether oxygens (including phenoxy) is 2. The number of carbonyl (C=O) groups is 1. The summed E-state index contributed by atoms with van der Waals surface area (Å²) >= 11 is 0. The van der Waals surface area contributed by atoms with Crippen LogP contribution < -0.4 is 4.74 Å². The molecule has 0 saturated carbocycles. The smallest absolute Gasteiger partial charge is 0.222 e. The molecule has 1 aliphatic rings. The molecule has 34 heavy (non-hydrogen) atoms. The summed E-state index contributed by atoms with van der Waals surface area (Å²) in [5.74, 6) is 1.55. The minimum Gasteiger partial charge on any atom is -0.491 e. The van der Waals surface area contributed by atoms with Crippen molar-refractivity contribution in [1.82, 2.24) is 4.90 Å². The van der Waals surface area contributed by atoms with Gasteiger partial charge in [-0.2, -0.15) is 0 Å². The maximum Gasteiger partial charge on any atom is 0.222 e. The normalized spacial score (nSPS) is 20.5. The lowest BCUT2D eigenvalue weighted by molar-refractivity contribution is -0.132. The number of hydrogen-bond donors (Lipinski definition) is 0. The molecule has 2 unspecified atom stereocenters. The van der Waals surface area contributed by atoms with Gasteiger partial charge in [0.05, 0.1) is 12.2 Å². The van der Waals surface area contributed by atoms with Gasteiger partial charge in [-0.05, 0) is 69.2 Å². The molecule has 4 nitrogen and oxygen atoms in total. The van der Waals surface area contributed by atoms with Gasteiger partial charge in [-0.25, -0.2) is 0 Å². The number of benzene rings is 2. The van der Waals surface area contributed by atoms with Crippen LogP contribution in [-0.2, 0) is 21.5 Å². The quantitative estimate of drug-likeness (QED) is 0.393. The van der Waals surface area contributed by atoms with Gasteiger partial charge in [-0.15, -0.1) is 0 Å². The standard InChI is InChI=1S/C30H43NO3/c1-7-29(32)31(21-25-10-14-27(15-11-25)34-23(4)5)18-16-30(26-12-8-24(6)9-13-26)17-19-33-28(20-30)22(2)3/h8-15,22-23,28H,7,16-21H2,1-6H3. The molecule has 0 radical (unpaired) electrons. The molecule has 0 bridgehead atoms. The van der Waals surface area contributed by atoms with Crippen LogP contribution in [0.15, 0.2) is 48.5 Å². The van der Waals surface area contributed by atoms with Crippen molar-refractivity contribution in [3.8, 4) is 5.75 Å². The number of nitrogens with zero attached hydrogens (tertiary/aromatic N) is 1. The van der Waals surface area contributed by atoms with Crippen LogP contribution in [0.25, 0.3) is 0 Å². The largest absolute Gasteiger partial charge is 0.491 e. The fourth-order valence-corrected chi connectivity index (χ4v) is 4.95. The topological polar surface area (TPSA) is 38.8 Å². The van der Waals surface area contributed by atoms with Crippen LogP contribution in [0.4, 0.5) is 0 Å². The number of amides is 1. The zero-order chi connectivity index (χ0) is 24.7. The third kappa shape index (κ3) is 6.85. The van der Waals surface area contributed by atoms with Gasteiger partial charge in [-0.1, -0.05) is 62.7 Å². The van der Waals surface area contributed by atoms with Crippen molar-refractivity contribution in [3.05, 3.63) is 65.2 Å². The van der Waals surface area contributed by atoms with Crippen molar-refractivity contribution in [2.75, 3.05) is 13.2 Å². The van der Waals surface area contributed by atoms with Crippen LogP contribution >= 0.6 is 0 Å². The Morgan fingerprint density at radius 2 is 1.76 bits per heavy atom. The SMILES string of the molecule is CCC(=O)N(CCC1(c2ccc(C)cc2)CCOC(C(C)C)C1)Cc1ccc(OC(C)C)cc1. The minimum atomic E-state index is 0.0299. The van der Waals surface area contributed by atoms with E-state index in [0.29, 0.717) is 18.9 Å². The molecule has 2 atom stereocenters. The van der Waals surface area contributed by atoms with Crippen molar-refractivity contribution in [3.63, 3.8) is 0 Å². The summed E-state index contributed by atoms with van der Waals surface area (Å²) in [5.41, 5.74) is 3.82. The Bertz CT molecular complexity index is 904. The Morgan fingerprint density at radius 1 is 1.09 bits per heavy atom. The molecule has 1 heterocycles. The zero-order valence-corrected chi connectivity index (χ0v) is 22.0. The number of rotatable bonds is 10. The highest BCUT2D eigenvalue weighted by molar-refractivity contribution is 5.75. The van der Waals surface area contributed by atoms with E-state index in [-0.39, 0.29) is 23.5 Å². The summed E-state index contributed by atoms with van der Waals surface area (Å²) in [6.07, 6.45) is 3.86. The average Bonchev–Trinajstić information content (AvgIpc) is 2.82. The summed E-state index contributed by atoms with van der Waals surface area (Å²) in [6, 6.07) is 17.2. The molecule has 0 aliphatic carbocycles. The predicted molar refractivity (Wildman–Crippen MR) is 139 cm³/mol. The van der Waals surface area contributed by atoms with Gasteiger partial charge in [0, 0.05) is 31.5 Å². The summed E-state index contributed by atoms with van der Waals surface area (Å²) in [4.78, 5) is 15.0. The van der Waals surface area contributed by atoms with Crippen LogP contribution in [0.2, 0.25) is 0 Å². The molecule has 2 aromatic carbocycles. The highest BCUT2D eigenvalue weighted by Crippen LogP contribution is 2.42. The molecule has 1 fully saturated rings. The van der Waals surface area contributed by atoms with Crippen LogP contribution in [0.3, 0.4) is 0 Å². The van der Waals surface area contributed by atoms with E-state index in [4.69, 9.17) is 9.47 Å². The number of hydrogen-bond acceptors (Lipinski definition) is 3. The second-order valence-electron chi connectivity index (χ2n) is 10.5. The number of aryl methyl sites for hydroxylation is 1. The molecule has 2 aromatic rings. The van der Waals surface area contributed by atoms with Gasteiger partial charge >= 0.3 is 0 Å². The third-order valence-corrected chi connectivity index (χ3v) is 7.10. The molecule has 3 rings (SSSR count). The van der Waals surface area contributed by atoms with E-state index in [1.54, 1.807) is 0 Å². The number of carbonyl (C=O) groups excluding carboxylic acids is 1. The maximum absolute atomic E-state index is 12.9. The highest BCUT2D eigenvalue weighted by atomic mass is 16.5. The van der Waals surface area contributed by atoms with E-state index in [1.807, 2.05) is 37.8 Å². The molecule has 4 heteroatoms. The molecular formula is C30H43NO3. The Kier molecular flexibility index (Phi) is 9.18. The molecule has 0 N–H and O–H groups in total. The Balaban J connectivity index is 1.79. The second-order valence-corrected chi connectivity index (χ2v) is 10.5. The van der Waals surface area contributed by atoms with Crippen molar-refractivity contribution < 1.29 is 14.3 Å². The summed E-state index contributed by atoms with van der Waals surface area (Å²) in [5, 5.41) is 0. The van der Waals surface area contributed by atoms with Gasteiger partial charge in [-0.3, -0.25) is 4.79 Å². The second kappa shape index (κ2) is 11.9. The van der Waals surface area contributed by atoms with Crippen LogP contribution in [0.5, 0.6) is 5.75 Å². The molecule has 1 amide bonds. The summed E-state index contributed by atoms with van der Waals surface area (Å²) < 4.78 is 11.9. The van der Waals surface area contributed by atoms with E-state index in [9.17, 15) is 4.79 Å². The van der Waals surface area contributed by atoms with Gasteiger partial charge in [0.1, 0.15) is 5.75 Å². The van der Waals surface area contributed by atoms with Gasteiger partial charge in [0.15, 0.2) is 0 Å². The minimum absolute atomic E-state index is 0.0299. The maximum atomic E-state index is 12.9. The molecule has 186 valence electrons. The monoisotopic (exact) mass is 465 g/mol. The van der Waals surface area contributed by atoms with Crippen molar-refractivity contribution in [2.45, 2.75) is 91.4 Å².